The highest BCUT2D eigenvalue weighted by atomic mass is 16.5. The number of benzene rings is 1. The molecule has 0 radical (unpaired) electrons. The molecule has 3 rings (SSSR count). The van der Waals surface area contributed by atoms with Gasteiger partial charge in [0.2, 0.25) is 0 Å². The number of unbranched alkanes of at least 4 members (excludes halogenated alkanes) is 4. The average Bonchev–Trinajstić information content (AvgIpc) is 2.88. The molecule has 2 aliphatic rings. The predicted octanol–water partition coefficient (Wildman–Crippen LogP) is 9.64. The van der Waals surface area contributed by atoms with Crippen LogP contribution in [-0.2, 0) is 6.42 Å². The van der Waals surface area contributed by atoms with Gasteiger partial charge in [-0.1, -0.05) is 110 Å². The van der Waals surface area contributed by atoms with Crippen LogP contribution < -0.4 is 4.74 Å². The highest BCUT2D eigenvalue weighted by Crippen LogP contribution is 2.35. The van der Waals surface area contributed by atoms with Crippen molar-refractivity contribution < 1.29 is 4.74 Å². The Hall–Kier alpha value is -1.49. The molecule has 0 heterocycles. The van der Waals surface area contributed by atoms with Crippen molar-refractivity contribution in [3.8, 4) is 11.8 Å². The molecule has 0 bridgehead atoms. The van der Waals surface area contributed by atoms with Crippen LogP contribution in [0.4, 0.5) is 0 Å². The largest absolute Gasteiger partial charge is 0.492 e. The molecule has 2 nitrogen and oxygen atoms in total. The normalized spacial score (nSPS) is 25.1. The van der Waals surface area contributed by atoms with Crippen LogP contribution in [0.1, 0.15) is 134 Å². The van der Waals surface area contributed by atoms with Gasteiger partial charge in [-0.05, 0) is 67.1 Å². The molecule has 0 spiro atoms. The van der Waals surface area contributed by atoms with Crippen LogP contribution in [0.3, 0.4) is 0 Å². The van der Waals surface area contributed by atoms with Gasteiger partial charge in [-0.25, -0.2) is 0 Å². The van der Waals surface area contributed by atoms with E-state index in [4.69, 9.17) is 4.74 Å². The maximum Gasteiger partial charge on any atom is 0.137 e. The third-order valence-electron chi connectivity index (χ3n) is 8.83. The second-order valence-corrected chi connectivity index (χ2v) is 11.6. The SMILES string of the molecule is CCCCCCC[C@H]1CC[C@H](CCc2ccc(OC[C@H]3CC[C@H](CCC)CC3)c(C#N)c2)CC1. The summed E-state index contributed by atoms with van der Waals surface area (Å²) in [5, 5.41) is 9.71. The van der Waals surface area contributed by atoms with Crippen LogP contribution in [0.15, 0.2) is 18.2 Å². The molecule has 0 amide bonds. The fraction of sp³-hybridized carbons (Fsp3) is 0.781. The minimum atomic E-state index is 0.658. The zero-order valence-corrected chi connectivity index (χ0v) is 22.3. The first-order valence-electron chi connectivity index (χ1n) is 14.9. The number of aryl methyl sites for hydroxylation is 1. The lowest BCUT2D eigenvalue weighted by molar-refractivity contribution is 0.178. The van der Waals surface area contributed by atoms with Crippen LogP contribution in [0, 0.1) is 35.0 Å². The molecule has 2 saturated carbocycles. The van der Waals surface area contributed by atoms with Gasteiger partial charge in [0.25, 0.3) is 0 Å². The molecule has 1 aromatic carbocycles. The number of ether oxygens (including phenoxy) is 1. The third-order valence-corrected chi connectivity index (χ3v) is 8.83. The molecular formula is C32H51NO. The van der Waals surface area contributed by atoms with Gasteiger partial charge in [0.05, 0.1) is 12.2 Å². The van der Waals surface area contributed by atoms with Crippen LogP contribution in [0.2, 0.25) is 0 Å². The Bertz CT molecular complexity index is 719. The number of nitriles is 1. The van der Waals surface area contributed by atoms with Gasteiger partial charge in [0.1, 0.15) is 11.8 Å². The molecule has 0 atom stereocenters. The van der Waals surface area contributed by atoms with Gasteiger partial charge < -0.3 is 4.74 Å². The van der Waals surface area contributed by atoms with E-state index in [0.29, 0.717) is 5.92 Å². The molecule has 0 aliphatic heterocycles. The van der Waals surface area contributed by atoms with Crippen molar-refractivity contribution in [2.24, 2.45) is 23.7 Å². The van der Waals surface area contributed by atoms with E-state index >= 15 is 0 Å². The summed E-state index contributed by atoms with van der Waals surface area (Å²) < 4.78 is 6.16. The lowest BCUT2D eigenvalue weighted by Crippen LogP contribution is -2.20. The Morgan fingerprint density at radius 2 is 1.35 bits per heavy atom. The smallest absolute Gasteiger partial charge is 0.137 e. The quantitative estimate of drug-likeness (QED) is 0.256. The van der Waals surface area contributed by atoms with Gasteiger partial charge in [0.15, 0.2) is 0 Å². The lowest BCUT2D eigenvalue weighted by atomic mass is 9.77. The van der Waals surface area contributed by atoms with E-state index in [2.05, 4.69) is 38.1 Å². The Morgan fingerprint density at radius 1 is 0.735 bits per heavy atom. The van der Waals surface area contributed by atoms with E-state index in [1.54, 1.807) is 0 Å². The predicted molar refractivity (Wildman–Crippen MR) is 144 cm³/mol. The molecule has 1 aromatic rings. The summed E-state index contributed by atoms with van der Waals surface area (Å²) in [7, 11) is 0. The second kappa shape index (κ2) is 15.5. The van der Waals surface area contributed by atoms with Gasteiger partial charge in [0, 0.05) is 0 Å². The Morgan fingerprint density at radius 3 is 2.00 bits per heavy atom. The first-order valence-corrected chi connectivity index (χ1v) is 14.9. The second-order valence-electron chi connectivity index (χ2n) is 11.6. The monoisotopic (exact) mass is 465 g/mol. The molecule has 2 fully saturated rings. The fourth-order valence-electron chi connectivity index (χ4n) is 6.46. The minimum absolute atomic E-state index is 0.658. The molecule has 2 heteroatoms. The van der Waals surface area contributed by atoms with E-state index in [0.717, 1.165) is 42.1 Å². The summed E-state index contributed by atoms with van der Waals surface area (Å²) in [5.74, 6) is 4.25. The van der Waals surface area contributed by atoms with E-state index in [1.165, 1.54) is 115 Å². The molecule has 0 aromatic heterocycles. The van der Waals surface area contributed by atoms with Gasteiger partial charge in [-0.3, -0.25) is 0 Å². The average molecular weight is 466 g/mol. The van der Waals surface area contributed by atoms with Crippen molar-refractivity contribution in [1.82, 2.24) is 0 Å². The van der Waals surface area contributed by atoms with Crippen LogP contribution in [0.25, 0.3) is 0 Å². The number of nitrogens with zero attached hydrogens (tertiary/aromatic N) is 1. The molecule has 2 aliphatic carbocycles. The van der Waals surface area contributed by atoms with E-state index in [1.807, 2.05) is 0 Å². The van der Waals surface area contributed by atoms with E-state index in [-0.39, 0.29) is 0 Å². The lowest BCUT2D eigenvalue weighted by Gasteiger charge is -2.29. The summed E-state index contributed by atoms with van der Waals surface area (Å²) >= 11 is 0. The van der Waals surface area contributed by atoms with Gasteiger partial charge in [-0.15, -0.1) is 0 Å². The summed E-state index contributed by atoms with van der Waals surface area (Å²) in [5.41, 5.74) is 2.03. The zero-order valence-electron chi connectivity index (χ0n) is 22.3. The van der Waals surface area contributed by atoms with E-state index < -0.39 is 0 Å². The first-order chi connectivity index (χ1) is 16.7. The molecule has 0 saturated heterocycles. The highest BCUT2D eigenvalue weighted by molar-refractivity contribution is 5.45. The molecular weight excluding hydrogens is 414 g/mol. The standard InChI is InChI=1S/C32H51NO/c1-3-5-6-7-8-10-27-11-13-28(14-12-27)15-18-29-21-22-32(31(23-29)24-33)34-25-30-19-16-26(9-4-2)17-20-30/h21-23,26-28,30H,3-20,25H2,1-2H3/t26-,27-,28-,30-. The van der Waals surface area contributed by atoms with Crippen molar-refractivity contribution in [1.29, 1.82) is 5.26 Å². The van der Waals surface area contributed by atoms with Gasteiger partial charge in [-0.2, -0.15) is 5.26 Å². The summed E-state index contributed by atoms with van der Waals surface area (Å²) in [6, 6.07) is 8.76. The zero-order chi connectivity index (χ0) is 24.0. The topological polar surface area (TPSA) is 33.0 Å². The summed E-state index contributed by atoms with van der Waals surface area (Å²) in [4.78, 5) is 0. The maximum atomic E-state index is 9.71. The van der Waals surface area contributed by atoms with E-state index in [9.17, 15) is 5.26 Å². The Labute approximate surface area is 210 Å². The highest BCUT2D eigenvalue weighted by Gasteiger charge is 2.22. The molecule has 190 valence electrons. The molecule has 0 N–H and O–H groups in total. The maximum absolute atomic E-state index is 9.71. The van der Waals surface area contributed by atoms with Crippen molar-refractivity contribution in [3.63, 3.8) is 0 Å². The molecule has 0 unspecified atom stereocenters. The Balaban J connectivity index is 1.35. The van der Waals surface area contributed by atoms with Crippen molar-refractivity contribution in [3.05, 3.63) is 29.3 Å². The van der Waals surface area contributed by atoms with Crippen LogP contribution in [0.5, 0.6) is 5.75 Å². The van der Waals surface area contributed by atoms with Crippen LogP contribution in [-0.4, -0.2) is 6.61 Å². The fourth-order valence-corrected chi connectivity index (χ4v) is 6.46. The summed E-state index contributed by atoms with van der Waals surface area (Å²) in [6.45, 7) is 5.36. The first kappa shape index (κ1) is 27.1. The Kier molecular flexibility index (Phi) is 12.4. The van der Waals surface area contributed by atoms with Crippen molar-refractivity contribution in [2.45, 2.75) is 129 Å². The van der Waals surface area contributed by atoms with Crippen molar-refractivity contribution in [2.75, 3.05) is 6.61 Å². The number of hydrogen-bond donors (Lipinski definition) is 0. The minimum Gasteiger partial charge on any atom is -0.492 e. The summed E-state index contributed by atoms with van der Waals surface area (Å²) in [6.07, 6.45) is 24.6. The number of hydrogen-bond acceptors (Lipinski definition) is 2. The van der Waals surface area contributed by atoms with Crippen molar-refractivity contribution >= 4 is 0 Å². The third kappa shape index (κ3) is 9.28. The molecule has 34 heavy (non-hydrogen) atoms. The number of rotatable bonds is 14. The van der Waals surface area contributed by atoms with Crippen LogP contribution >= 0.6 is 0 Å². The van der Waals surface area contributed by atoms with Gasteiger partial charge >= 0.3 is 0 Å².